The Bertz CT molecular complexity index is 169. The SMILES string of the molecule is CCCCN1C=CN(C)C1.O.[Cl][Mn]([Cl])[Cl]. The standard InChI is InChI=1S/C8H16N2.3ClH.Mn.H2O/c1-3-4-5-10-7-6-9(2)8-10;;;;;/h6-7H,3-5,8H2,1-2H3;3*1H;;1H2/q;;;;+3;/p-3. The van der Waals surface area contributed by atoms with Gasteiger partial charge in [-0.05, 0) is 6.42 Å². The van der Waals surface area contributed by atoms with Crippen LogP contribution in [0.2, 0.25) is 0 Å². The molecule has 1 aliphatic rings. The van der Waals surface area contributed by atoms with Crippen LogP contribution in [0.5, 0.6) is 0 Å². The van der Waals surface area contributed by atoms with E-state index in [1.165, 1.54) is 19.4 Å². The van der Waals surface area contributed by atoms with Gasteiger partial charge in [0.15, 0.2) is 0 Å². The van der Waals surface area contributed by atoms with Crippen molar-refractivity contribution in [1.82, 2.24) is 9.80 Å². The van der Waals surface area contributed by atoms with Crippen LogP contribution in [0.3, 0.4) is 0 Å². The molecule has 0 aromatic carbocycles. The van der Waals surface area contributed by atoms with Crippen LogP contribution in [0.15, 0.2) is 12.4 Å². The predicted octanol–water partition coefficient (Wildman–Crippen LogP) is 2.70. The number of hydrogen-bond acceptors (Lipinski definition) is 2. The average molecular weight is 320 g/mol. The first kappa shape index (κ1) is 18.1. The molecule has 0 atom stereocenters. The zero-order chi connectivity index (χ0) is 11.0. The summed E-state index contributed by atoms with van der Waals surface area (Å²) in [4.78, 5) is 4.53. The van der Waals surface area contributed by atoms with Crippen molar-refractivity contribution in [3.8, 4) is 0 Å². The van der Waals surface area contributed by atoms with E-state index in [2.05, 4.69) is 36.2 Å². The molecule has 3 nitrogen and oxygen atoms in total. The van der Waals surface area contributed by atoms with Gasteiger partial charge in [0.2, 0.25) is 0 Å². The molecule has 0 saturated heterocycles. The van der Waals surface area contributed by atoms with Crippen LogP contribution in [0.4, 0.5) is 0 Å². The van der Waals surface area contributed by atoms with Gasteiger partial charge in [-0.3, -0.25) is 0 Å². The van der Waals surface area contributed by atoms with E-state index in [-0.39, 0.29) is 5.48 Å². The van der Waals surface area contributed by atoms with Crippen LogP contribution in [0.25, 0.3) is 0 Å². The van der Waals surface area contributed by atoms with E-state index < -0.39 is 11.2 Å². The molecule has 0 aromatic heterocycles. The Morgan fingerprint density at radius 3 is 2.13 bits per heavy atom. The molecule has 0 unspecified atom stereocenters. The molecule has 0 bridgehead atoms. The fourth-order valence-electron chi connectivity index (χ4n) is 1.10. The first-order valence-corrected chi connectivity index (χ1v) is 9.25. The number of nitrogens with zero attached hydrogens (tertiary/aromatic N) is 2. The summed E-state index contributed by atoms with van der Waals surface area (Å²) < 4.78 is 0. The Balaban J connectivity index is 0. The molecule has 1 aliphatic heterocycles. The van der Waals surface area contributed by atoms with E-state index in [9.17, 15) is 0 Å². The van der Waals surface area contributed by atoms with Crippen LogP contribution in [0, 0.1) is 0 Å². The fraction of sp³-hybridized carbons (Fsp3) is 0.750. The maximum absolute atomic E-state index is 4.91. The summed E-state index contributed by atoms with van der Waals surface area (Å²) in [6, 6.07) is 0. The monoisotopic (exact) mass is 318 g/mol. The van der Waals surface area contributed by atoms with E-state index in [4.69, 9.17) is 30.3 Å². The minimum absolute atomic E-state index is 0. The molecular formula is C8H18Cl3MnN2O. The van der Waals surface area contributed by atoms with Crippen molar-refractivity contribution >= 4 is 30.3 Å². The Morgan fingerprint density at radius 1 is 1.27 bits per heavy atom. The number of unbranched alkanes of at least 4 members (excludes halogenated alkanes) is 1. The van der Waals surface area contributed by atoms with Crippen LogP contribution in [0.1, 0.15) is 19.8 Å². The third-order valence-electron chi connectivity index (χ3n) is 1.74. The van der Waals surface area contributed by atoms with Gasteiger partial charge in [0.25, 0.3) is 0 Å². The minimum atomic E-state index is -1.48. The predicted molar refractivity (Wildman–Crippen MR) is 64.6 cm³/mol. The molecule has 2 N–H and O–H groups in total. The molecule has 0 aromatic rings. The third kappa shape index (κ3) is 12.6. The van der Waals surface area contributed by atoms with E-state index >= 15 is 0 Å². The van der Waals surface area contributed by atoms with Gasteiger partial charge in [-0.1, -0.05) is 13.3 Å². The number of halogens is 3. The molecule has 0 spiro atoms. The Hall–Kier alpha value is 0.689. The van der Waals surface area contributed by atoms with Crippen LogP contribution >= 0.6 is 30.3 Å². The zero-order valence-corrected chi connectivity index (χ0v) is 12.3. The molecule has 0 fully saturated rings. The van der Waals surface area contributed by atoms with E-state index in [0.29, 0.717) is 0 Å². The summed E-state index contributed by atoms with van der Waals surface area (Å²) in [5.41, 5.74) is 0. The summed E-state index contributed by atoms with van der Waals surface area (Å²) in [5.74, 6) is 0. The van der Waals surface area contributed by atoms with Crippen molar-refractivity contribution in [2.75, 3.05) is 20.3 Å². The fourth-order valence-corrected chi connectivity index (χ4v) is 1.10. The quantitative estimate of drug-likeness (QED) is 0.750. The molecular weight excluding hydrogens is 301 g/mol. The average Bonchev–Trinajstić information content (AvgIpc) is 2.47. The second-order valence-electron chi connectivity index (χ2n) is 3.02. The molecule has 0 radical (unpaired) electrons. The van der Waals surface area contributed by atoms with Crippen molar-refractivity contribution in [3.63, 3.8) is 0 Å². The molecule has 15 heavy (non-hydrogen) atoms. The summed E-state index contributed by atoms with van der Waals surface area (Å²) >= 11 is -1.48. The van der Waals surface area contributed by atoms with Gasteiger partial charge in [-0.2, -0.15) is 0 Å². The Kier molecular flexibility index (Phi) is 13.5. The van der Waals surface area contributed by atoms with Gasteiger partial charge >= 0.3 is 41.5 Å². The summed E-state index contributed by atoms with van der Waals surface area (Å²) in [6.07, 6.45) is 6.87. The maximum atomic E-state index is 4.91. The molecule has 94 valence electrons. The molecule has 0 saturated carbocycles. The molecule has 0 aliphatic carbocycles. The van der Waals surface area contributed by atoms with Gasteiger partial charge < -0.3 is 15.3 Å². The normalized spacial score (nSPS) is 14.3. The van der Waals surface area contributed by atoms with E-state index in [1.54, 1.807) is 0 Å². The van der Waals surface area contributed by atoms with Gasteiger partial charge in [0.05, 0.1) is 6.67 Å². The zero-order valence-electron chi connectivity index (χ0n) is 8.89. The van der Waals surface area contributed by atoms with Crippen LogP contribution < -0.4 is 0 Å². The first-order chi connectivity index (χ1) is 6.56. The number of hydrogen-bond donors (Lipinski definition) is 0. The van der Waals surface area contributed by atoms with Crippen molar-refractivity contribution in [3.05, 3.63) is 12.4 Å². The van der Waals surface area contributed by atoms with Gasteiger partial charge in [0.1, 0.15) is 0 Å². The summed E-state index contributed by atoms with van der Waals surface area (Å²) in [7, 11) is 16.8. The van der Waals surface area contributed by atoms with Crippen molar-refractivity contribution < 1.29 is 16.6 Å². The molecule has 1 heterocycles. The Labute approximate surface area is 109 Å². The van der Waals surface area contributed by atoms with Crippen LogP contribution in [-0.2, 0) is 11.2 Å². The van der Waals surface area contributed by atoms with Crippen LogP contribution in [-0.4, -0.2) is 35.5 Å². The second kappa shape index (κ2) is 11.2. The van der Waals surface area contributed by atoms with Crippen molar-refractivity contribution in [2.24, 2.45) is 0 Å². The van der Waals surface area contributed by atoms with E-state index in [1.807, 2.05) is 0 Å². The second-order valence-corrected chi connectivity index (χ2v) is 8.87. The van der Waals surface area contributed by atoms with Crippen molar-refractivity contribution in [2.45, 2.75) is 19.8 Å². The Morgan fingerprint density at radius 2 is 1.80 bits per heavy atom. The van der Waals surface area contributed by atoms with Gasteiger partial charge in [0, 0.05) is 26.0 Å². The number of rotatable bonds is 3. The third-order valence-corrected chi connectivity index (χ3v) is 1.74. The molecule has 1 rings (SSSR count). The first-order valence-electron chi connectivity index (χ1n) is 4.38. The van der Waals surface area contributed by atoms with Crippen molar-refractivity contribution in [1.29, 1.82) is 0 Å². The van der Waals surface area contributed by atoms with E-state index in [0.717, 1.165) is 6.67 Å². The summed E-state index contributed by atoms with van der Waals surface area (Å²) in [6.45, 7) is 4.50. The molecule has 7 heteroatoms. The van der Waals surface area contributed by atoms with Gasteiger partial charge in [-0.15, -0.1) is 0 Å². The summed E-state index contributed by atoms with van der Waals surface area (Å²) in [5, 5.41) is 0. The van der Waals surface area contributed by atoms with Gasteiger partial charge in [-0.25, -0.2) is 0 Å². The topological polar surface area (TPSA) is 38.0 Å². The molecule has 0 amide bonds.